The Bertz CT molecular complexity index is 254. The number of nitrogens with zero attached hydrogens (tertiary/aromatic N) is 2. The standard InChI is InChI=1S/C16H33N3/c1-4-7-15(12-17-14(2)3)19-11-6-10-18-9-5-8-16(18)13-19/h14-17H,4-13H2,1-3H3. The summed E-state index contributed by atoms with van der Waals surface area (Å²) in [5.41, 5.74) is 0. The van der Waals surface area contributed by atoms with Crippen LogP contribution in [0.2, 0.25) is 0 Å². The molecule has 0 spiro atoms. The van der Waals surface area contributed by atoms with E-state index in [1.54, 1.807) is 0 Å². The quantitative estimate of drug-likeness (QED) is 0.797. The maximum atomic E-state index is 3.65. The molecule has 2 aliphatic heterocycles. The first-order valence-electron chi connectivity index (χ1n) is 8.42. The molecule has 2 fully saturated rings. The van der Waals surface area contributed by atoms with Gasteiger partial charge in [0.25, 0.3) is 0 Å². The minimum Gasteiger partial charge on any atom is -0.313 e. The minimum absolute atomic E-state index is 0.606. The van der Waals surface area contributed by atoms with Gasteiger partial charge in [0.2, 0.25) is 0 Å². The molecule has 2 heterocycles. The lowest BCUT2D eigenvalue weighted by atomic mass is 10.1. The van der Waals surface area contributed by atoms with Crippen molar-refractivity contribution in [2.24, 2.45) is 0 Å². The fourth-order valence-corrected chi connectivity index (χ4v) is 3.69. The molecule has 2 aliphatic rings. The topological polar surface area (TPSA) is 18.5 Å². The predicted octanol–water partition coefficient (Wildman–Crippen LogP) is 2.32. The van der Waals surface area contributed by atoms with E-state index < -0.39 is 0 Å². The Hall–Kier alpha value is -0.120. The first kappa shape index (κ1) is 15.3. The van der Waals surface area contributed by atoms with Crippen molar-refractivity contribution < 1.29 is 0 Å². The number of hydrogen-bond donors (Lipinski definition) is 1. The van der Waals surface area contributed by atoms with Gasteiger partial charge in [0.15, 0.2) is 0 Å². The van der Waals surface area contributed by atoms with Crippen LogP contribution in [0.4, 0.5) is 0 Å². The van der Waals surface area contributed by atoms with Gasteiger partial charge in [-0.15, -0.1) is 0 Å². The Morgan fingerprint density at radius 3 is 2.68 bits per heavy atom. The van der Waals surface area contributed by atoms with E-state index in [1.165, 1.54) is 58.3 Å². The van der Waals surface area contributed by atoms with Crippen molar-refractivity contribution >= 4 is 0 Å². The highest BCUT2D eigenvalue weighted by atomic mass is 15.3. The smallest absolute Gasteiger partial charge is 0.0223 e. The highest BCUT2D eigenvalue weighted by Crippen LogP contribution is 2.23. The van der Waals surface area contributed by atoms with Crippen LogP contribution < -0.4 is 5.32 Å². The van der Waals surface area contributed by atoms with E-state index in [2.05, 4.69) is 35.9 Å². The molecule has 0 saturated carbocycles. The van der Waals surface area contributed by atoms with Gasteiger partial charge in [0.05, 0.1) is 0 Å². The maximum absolute atomic E-state index is 3.65. The van der Waals surface area contributed by atoms with Gasteiger partial charge in [-0.2, -0.15) is 0 Å². The summed E-state index contributed by atoms with van der Waals surface area (Å²) in [6.45, 7) is 13.3. The van der Waals surface area contributed by atoms with Crippen LogP contribution in [0.5, 0.6) is 0 Å². The molecule has 2 saturated heterocycles. The molecule has 112 valence electrons. The van der Waals surface area contributed by atoms with Crippen molar-refractivity contribution in [3.8, 4) is 0 Å². The van der Waals surface area contributed by atoms with Crippen LogP contribution in [0, 0.1) is 0 Å². The van der Waals surface area contributed by atoms with Gasteiger partial charge in [0.1, 0.15) is 0 Å². The van der Waals surface area contributed by atoms with E-state index in [1.807, 2.05) is 0 Å². The SMILES string of the molecule is CCCC(CNC(C)C)N1CCCN2CCCC2C1. The summed E-state index contributed by atoms with van der Waals surface area (Å²) in [5, 5.41) is 3.65. The van der Waals surface area contributed by atoms with Crippen molar-refractivity contribution in [2.75, 3.05) is 32.7 Å². The molecular formula is C16H33N3. The molecule has 2 rings (SSSR count). The number of nitrogens with one attached hydrogen (secondary N) is 1. The lowest BCUT2D eigenvalue weighted by molar-refractivity contribution is 0.160. The van der Waals surface area contributed by atoms with Crippen LogP contribution in [0.25, 0.3) is 0 Å². The maximum Gasteiger partial charge on any atom is 0.0223 e. The third-order valence-electron chi connectivity index (χ3n) is 4.74. The monoisotopic (exact) mass is 267 g/mol. The molecule has 0 aliphatic carbocycles. The van der Waals surface area contributed by atoms with Gasteiger partial charge in [-0.25, -0.2) is 0 Å². The molecule has 0 aromatic rings. The van der Waals surface area contributed by atoms with Gasteiger partial charge in [-0.1, -0.05) is 27.2 Å². The minimum atomic E-state index is 0.606. The molecule has 0 aromatic carbocycles. The fraction of sp³-hybridized carbons (Fsp3) is 1.00. The molecule has 3 nitrogen and oxygen atoms in total. The van der Waals surface area contributed by atoms with Crippen molar-refractivity contribution in [1.82, 2.24) is 15.1 Å². The van der Waals surface area contributed by atoms with Gasteiger partial charge in [-0.05, 0) is 45.3 Å². The van der Waals surface area contributed by atoms with E-state index >= 15 is 0 Å². The van der Waals surface area contributed by atoms with Crippen LogP contribution in [0.1, 0.15) is 52.9 Å². The third kappa shape index (κ3) is 4.44. The van der Waals surface area contributed by atoms with Crippen molar-refractivity contribution in [1.29, 1.82) is 0 Å². The van der Waals surface area contributed by atoms with Crippen LogP contribution in [0.15, 0.2) is 0 Å². The van der Waals surface area contributed by atoms with E-state index in [0.717, 1.165) is 18.6 Å². The van der Waals surface area contributed by atoms with Crippen LogP contribution in [-0.4, -0.2) is 60.6 Å². The second kappa shape index (κ2) is 7.61. The second-order valence-electron chi connectivity index (χ2n) is 6.69. The van der Waals surface area contributed by atoms with Crippen LogP contribution in [0.3, 0.4) is 0 Å². The number of rotatable bonds is 6. The average Bonchev–Trinajstić information content (AvgIpc) is 2.72. The van der Waals surface area contributed by atoms with Crippen LogP contribution in [-0.2, 0) is 0 Å². The summed E-state index contributed by atoms with van der Waals surface area (Å²) < 4.78 is 0. The zero-order valence-corrected chi connectivity index (χ0v) is 13.2. The van der Waals surface area contributed by atoms with Gasteiger partial charge < -0.3 is 5.32 Å². The predicted molar refractivity (Wildman–Crippen MR) is 82.6 cm³/mol. The molecule has 0 bridgehead atoms. The summed E-state index contributed by atoms with van der Waals surface area (Å²) in [5.74, 6) is 0. The highest BCUT2D eigenvalue weighted by Gasteiger charge is 2.31. The Balaban J connectivity index is 1.91. The first-order valence-corrected chi connectivity index (χ1v) is 8.42. The number of fused-ring (bicyclic) bond motifs is 1. The first-order chi connectivity index (χ1) is 9.20. The van der Waals surface area contributed by atoms with Gasteiger partial charge in [-0.3, -0.25) is 9.80 Å². The highest BCUT2D eigenvalue weighted by molar-refractivity contribution is 4.88. The van der Waals surface area contributed by atoms with Crippen molar-refractivity contribution in [2.45, 2.75) is 71.0 Å². The van der Waals surface area contributed by atoms with Crippen molar-refractivity contribution in [3.63, 3.8) is 0 Å². The summed E-state index contributed by atoms with van der Waals surface area (Å²) >= 11 is 0. The molecule has 0 aromatic heterocycles. The summed E-state index contributed by atoms with van der Waals surface area (Å²) in [4.78, 5) is 5.52. The molecule has 2 atom stereocenters. The van der Waals surface area contributed by atoms with E-state index in [9.17, 15) is 0 Å². The zero-order valence-electron chi connectivity index (χ0n) is 13.2. The lowest BCUT2D eigenvalue weighted by Crippen LogP contribution is -2.47. The van der Waals surface area contributed by atoms with Gasteiger partial charge >= 0.3 is 0 Å². The average molecular weight is 267 g/mol. The molecule has 0 amide bonds. The fourth-order valence-electron chi connectivity index (χ4n) is 3.69. The number of hydrogen-bond acceptors (Lipinski definition) is 3. The Kier molecular flexibility index (Phi) is 6.11. The van der Waals surface area contributed by atoms with Crippen molar-refractivity contribution in [3.05, 3.63) is 0 Å². The molecule has 3 heteroatoms. The third-order valence-corrected chi connectivity index (χ3v) is 4.74. The van der Waals surface area contributed by atoms with E-state index in [4.69, 9.17) is 0 Å². The summed E-state index contributed by atoms with van der Waals surface area (Å²) in [7, 11) is 0. The van der Waals surface area contributed by atoms with Crippen LogP contribution >= 0.6 is 0 Å². The molecule has 1 N–H and O–H groups in total. The molecule has 0 radical (unpaired) electrons. The zero-order chi connectivity index (χ0) is 13.7. The Labute approximate surface area is 119 Å². The second-order valence-corrected chi connectivity index (χ2v) is 6.69. The Morgan fingerprint density at radius 1 is 1.16 bits per heavy atom. The van der Waals surface area contributed by atoms with E-state index in [0.29, 0.717) is 6.04 Å². The lowest BCUT2D eigenvalue weighted by Gasteiger charge is -2.33. The molecule has 19 heavy (non-hydrogen) atoms. The van der Waals surface area contributed by atoms with Gasteiger partial charge in [0, 0.05) is 31.2 Å². The normalized spacial score (nSPS) is 27.5. The Morgan fingerprint density at radius 2 is 1.95 bits per heavy atom. The largest absolute Gasteiger partial charge is 0.313 e. The molecule has 2 unspecified atom stereocenters. The van der Waals surface area contributed by atoms with E-state index in [-0.39, 0.29) is 0 Å². The summed E-state index contributed by atoms with van der Waals surface area (Å²) in [6, 6.07) is 2.20. The molecular weight excluding hydrogens is 234 g/mol. The summed E-state index contributed by atoms with van der Waals surface area (Å²) in [6.07, 6.45) is 6.84.